The van der Waals surface area contributed by atoms with E-state index >= 15 is 0 Å². The van der Waals surface area contributed by atoms with Gasteiger partial charge in [0.2, 0.25) is 0 Å². The first-order valence-electron chi connectivity index (χ1n) is 6.51. The molecule has 0 spiro atoms. The zero-order chi connectivity index (χ0) is 16.0. The van der Waals surface area contributed by atoms with E-state index in [0.29, 0.717) is 0 Å². The molecule has 22 heavy (non-hydrogen) atoms. The maximum atomic E-state index is 12.3. The summed E-state index contributed by atoms with van der Waals surface area (Å²) in [4.78, 5) is 24.6. The summed E-state index contributed by atoms with van der Waals surface area (Å²) in [6, 6.07) is 7.31. The fraction of sp³-hybridized carbons (Fsp3) is 0.125. The highest BCUT2D eigenvalue weighted by Gasteiger charge is 2.52. The predicted molar refractivity (Wildman–Crippen MR) is 75.0 cm³/mol. The van der Waals surface area contributed by atoms with Crippen LogP contribution in [0, 0.1) is 0 Å². The molecule has 1 fully saturated rings. The quantitative estimate of drug-likeness (QED) is 0.625. The summed E-state index contributed by atoms with van der Waals surface area (Å²) in [5.74, 6) is -4.14. The molecule has 2 aromatic rings. The van der Waals surface area contributed by atoms with Gasteiger partial charge in [-0.2, -0.15) is 0 Å². The van der Waals surface area contributed by atoms with Gasteiger partial charge in [0.25, 0.3) is 0 Å². The van der Waals surface area contributed by atoms with Gasteiger partial charge in [-0.05, 0) is 12.1 Å². The van der Waals surface area contributed by atoms with Gasteiger partial charge in [0.1, 0.15) is 34.8 Å². The molecule has 0 radical (unpaired) electrons. The average molecular weight is 300 g/mol. The van der Waals surface area contributed by atoms with Gasteiger partial charge in [-0.25, -0.2) is 0 Å². The Morgan fingerprint density at radius 2 is 1.00 bits per heavy atom. The van der Waals surface area contributed by atoms with Crippen molar-refractivity contribution in [2.24, 2.45) is 0 Å². The van der Waals surface area contributed by atoms with Gasteiger partial charge in [0.05, 0.1) is 0 Å². The monoisotopic (exact) mass is 300 g/mol. The second-order valence-corrected chi connectivity index (χ2v) is 5.16. The van der Waals surface area contributed by atoms with Gasteiger partial charge in [-0.15, -0.1) is 0 Å². The zero-order valence-electron chi connectivity index (χ0n) is 11.2. The first-order chi connectivity index (χ1) is 10.4. The minimum Gasteiger partial charge on any atom is -0.508 e. The molecule has 0 heterocycles. The minimum absolute atomic E-state index is 0.127. The number of carbonyl (C=O) groups excluding carboxylic acids is 2. The predicted octanol–water partition coefficient (Wildman–Crippen LogP) is 1.53. The molecule has 6 nitrogen and oxygen atoms in total. The molecule has 1 saturated carbocycles. The Balaban J connectivity index is 1.95. The van der Waals surface area contributed by atoms with E-state index in [4.69, 9.17) is 0 Å². The van der Waals surface area contributed by atoms with E-state index in [-0.39, 0.29) is 34.1 Å². The number of phenolic OH excluding ortho intramolecular Hbond substituents is 4. The first kappa shape index (κ1) is 13.9. The summed E-state index contributed by atoms with van der Waals surface area (Å²) < 4.78 is 0. The Bertz CT molecular complexity index is 716. The van der Waals surface area contributed by atoms with Gasteiger partial charge >= 0.3 is 0 Å². The van der Waals surface area contributed by atoms with Crippen molar-refractivity contribution in [3.05, 3.63) is 47.5 Å². The van der Waals surface area contributed by atoms with E-state index in [1.54, 1.807) is 0 Å². The van der Waals surface area contributed by atoms with E-state index in [0.717, 1.165) is 12.1 Å². The normalized spacial score (nSPS) is 20.7. The number of rotatable bonds is 2. The third-order valence-electron chi connectivity index (χ3n) is 3.79. The summed E-state index contributed by atoms with van der Waals surface area (Å²) >= 11 is 0. The summed E-state index contributed by atoms with van der Waals surface area (Å²) in [5, 5.41) is 38.0. The number of hydrogen-bond donors (Lipinski definition) is 4. The topological polar surface area (TPSA) is 115 Å². The van der Waals surface area contributed by atoms with Crippen molar-refractivity contribution in [2.75, 3.05) is 0 Å². The molecule has 6 heteroatoms. The van der Waals surface area contributed by atoms with E-state index < -0.39 is 23.4 Å². The lowest BCUT2D eigenvalue weighted by Crippen LogP contribution is -2.44. The van der Waals surface area contributed by atoms with E-state index in [1.165, 1.54) is 24.3 Å². The highest BCUT2D eigenvalue weighted by Crippen LogP contribution is 2.46. The van der Waals surface area contributed by atoms with Crippen LogP contribution in [0.1, 0.15) is 23.0 Å². The number of aromatic hydroxyl groups is 4. The maximum absolute atomic E-state index is 12.3. The zero-order valence-corrected chi connectivity index (χ0v) is 11.2. The lowest BCUT2D eigenvalue weighted by atomic mass is 9.65. The standard InChI is InChI=1S/C16H12O6/c17-7-1-3-9(11(19)5-7)13-15(21)14(16(13)22)10-4-2-8(18)6-12(10)20/h1-6,13-14,17-20H. The van der Waals surface area contributed by atoms with Crippen molar-refractivity contribution < 1.29 is 30.0 Å². The molecule has 1 aliphatic carbocycles. The van der Waals surface area contributed by atoms with Crippen LogP contribution in [0.4, 0.5) is 0 Å². The second-order valence-electron chi connectivity index (χ2n) is 5.16. The van der Waals surface area contributed by atoms with Crippen LogP contribution in [0.2, 0.25) is 0 Å². The molecule has 0 atom stereocenters. The third-order valence-corrected chi connectivity index (χ3v) is 3.79. The number of hydrogen-bond acceptors (Lipinski definition) is 6. The molecule has 3 rings (SSSR count). The van der Waals surface area contributed by atoms with Crippen LogP contribution in [0.5, 0.6) is 23.0 Å². The van der Waals surface area contributed by atoms with Gasteiger partial charge in [-0.1, -0.05) is 12.1 Å². The van der Waals surface area contributed by atoms with Crippen LogP contribution < -0.4 is 0 Å². The maximum Gasteiger partial charge on any atom is 0.162 e. The Labute approximate surface area is 124 Å². The highest BCUT2D eigenvalue weighted by atomic mass is 16.3. The molecule has 112 valence electrons. The molecule has 2 aromatic carbocycles. The first-order valence-corrected chi connectivity index (χ1v) is 6.51. The molecular formula is C16H12O6. The fourth-order valence-corrected chi connectivity index (χ4v) is 2.68. The third kappa shape index (κ3) is 1.96. The van der Waals surface area contributed by atoms with E-state index in [1.807, 2.05) is 0 Å². The molecule has 4 N–H and O–H groups in total. The van der Waals surface area contributed by atoms with Crippen LogP contribution in [-0.2, 0) is 9.59 Å². The Morgan fingerprint density at radius 1 is 0.636 bits per heavy atom. The Hall–Kier alpha value is -3.02. The molecule has 1 aliphatic rings. The van der Waals surface area contributed by atoms with E-state index in [9.17, 15) is 30.0 Å². The van der Waals surface area contributed by atoms with Crippen LogP contribution in [-0.4, -0.2) is 32.0 Å². The number of ketones is 2. The largest absolute Gasteiger partial charge is 0.508 e. The van der Waals surface area contributed by atoms with Crippen molar-refractivity contribution >= 4 is 11.6 Å². The summed E-state index contributed by atoms with van der Waals surface area (Å²) in [5.41, 5.74) is 0.254. The second kappa shape index (κ2) is 4.77. The number of carbonyl (C=O) groups is 2. The van der Waals surface area contributed by atoms with Crippen molar-refractivity contribution in [1.29, 1.82) is 0 Å². The average Bonchev–Trinajstić information content (AvgIpc) is 2.45. The Kier molecular flexibility index (Phi) is 3.02. The summed E-state index contributed by atoms with van der Waals surface area (Å²) in [7, 11) is 0. The lowest BCUT2D eigenvalue weighted by molar-refractivity contribution is -0.142. The van der Waals surface area contributed by atoms with E-state index in [2.05, 4.69) is 0 Å². The number of phenols is 4. The summed E-state index contributed by atoms with van der Waals surface area (Å²) in [6.45, 7) is 0. The van der Waals surface area contributed by atoms with Gasteiger partial charge < -0.3 is 20.4 Å². The number of benzene rings is 2. The fourth-order valence-electron chi connectivity index (χ4n) is 2.68. The van der Waals surface area contributed by atoms with Crippen LogP contribution in [0.25, 0.3) is 0 Å². The summed E-state index contributed by atoms with van der Waals surface area (Å²) in [6.07, 6.45) is 0. The molecule has 0 bridgehead atoms. The molecule has 0 saturated heterocycles. The molecule has 0 aliphatic heterocycles. The molecule has 0 unspecified atom stereocenters. The van der Waals surface area contributed by atoms with Gasteiger partial charge in [-0.3, -0.25) is 9.59 Å². The highest BCUT2D eigenvalue weighted by molar-refractivity contribution is 6.31. The van der Waals surface area contributed by atoms with Crippen molar-refractivity contribution in [3.63, 3.8) is 0 Å². The number of Topliss-reactive ketones (excluding diaryl/α,β-unsaturated/α-hetero) is 2. The molecule has 0 amide bonds. The Morgan fingerprint density at radius 3 is 1.32 bits per heavy atom. The van der Waals surface area contributed by atoms with Gasteiger partial charge in [0.15, 0.2) is 11.6 Å². The lowest BCUT2D eigenvalue weighted by Gasteiger charge is -2.33. The molecule has 0 aromatic heterocycles. The minimum atomic E-state index is -1.11. The van der Waals surface area contributed by atoms with Gasteiger partial charge in [0, 0.05) is 23.3 Å². The van der Waals surface area contributed by atoms with Crippen molar-refractivity contribution in [3.8, 4) is 23.0 Å². The van der Waals surface area contributed by atoms with Crippen molar-refractivity contribution in [2.45, 2.75) is 11.8 Å². The van der Waals surface area contributed by atoms with Crippen LogP contribution in [0.15, 0.2) is 36.4 Å². The van der Waals surface area contributed by atoms with Crippen LogP contribution >= 0.6 is 0 Å². The van der Waals surface area contributed by atoms with Crippen molar-refractivity contribution in [1.82, 2.24) is 0 Å². The van der Waals surface area contributed by atoms with Crippen LogP contribution in [0.3, 0.4) is 0 Å². The SMILES string of the molecule is O=C1C(c2ccc(O)cc2O)C(=O)C1c1ccc(O)cc1O. The molecular weight excluding hydrogens is 288 g/mol. The smallest absolute Gasteiger partial charge is 0.162 e.